The van der Waals surface area contributed by atoms with Crippen LogP contribution in [0.25, 0.3) is 0 Å². The third kappa shape index (κ3) is 2.54. The highest BCUT2D eigenvalue weighted by molar-refractivity contribution is 4.96. The average Bonchev–Trinajstić information content (AvgIpc) is 2.10. The molecule has 0 bridgehead atoms. The van der Waals surface area contributed by atoms with Gasteiger partial charge in [0, 0.05) is 12.1 Å². The zero-order valence-electron chi connectivity index (χ0n) is 11.0. The van der Waals surface area contributed by atoms with Crippen LogP contribution in [0.15, 0.2) is 0 Å². The normalized spacial score (nSPS) is 40.6. The molecule has 0 aromatic carbocycles. The Kier molecular flexibility index (Phi) is 3.52. The van der Waals surface area contributed by atoms with E-state index >= 15 is 0 Å². The summed E-state index contributed by atoms with van der Waals surface area (Å²) in [5.41, 5.74) is 12.9. The monoisotopic (exact) mass is 212 g/mol. The Balaban J connectivity index is 2.94. The van der Waals surface area contributed by atoms with Gasteiger partial charge in [0.15, 0.2) is 0 Å². The van der Waals surface area contributed by atoms with Gasteiger partial charge in [-0.15, -0.1) is 0 Å². The molecular formula is C13H28N2. The lowest BCUT2D eigenvalue weighted by Gasteiger charge is -2.49. The number of hydrogen-bond donors (Lipinski definition) is 2. The van der Waals surface area contributed by atoms with Crippen LogP contribution in [0, 0.1) is 16.7 Å². The van der Waals surface area contributed by atoms with Crippen LogP contribution in [-0.4, -0.2) is 12.1 Å². The van der Waals surface area contributed by atoms with Gasteiger partial charge in [0.1, 0.15) is 0 Å². The van der Waals surface area contributed by atoms with E-state index in [9.17, 15) is 0 Å². The highest BCUT2D eigenvalue weighted by Gasteiger charge is 2.43. The molecular weight excluding hydrogens is 184 g/mol. The van der Waals surface area contributed by atoms with Crippen molar-refractivity contribution in [1.29, 1.82) is 0 Å². The fraction of sp³-hybridized carbons (Fsp3) is 1.00. The Morgan fingerprint density at radius 2 is 1.53 bits per heavy atom. The molecule has 15 heavy (non-hydrogen) atoms. The van der Waals surface area contributed by atoms with E-state index < -0.39 is 0 Å². The van der Waals surface area contributed by atoms with E-state index in [0.29, 0.717) is 17.4 Å². The minimum Gasteiger partial charge on any atom is -0.328 e. The molecule has 2 nitrogen and oxygen atoms in total. The van der Waals surface area contributed by atoms with E-state index in [-0.39, 0.29) is 11.5 Å². The van der Waals surface area contributed by atoms with Crippen LogP contribution in [0.1, 0.15) is 53.9 Å². The van der Waals surface area contributed by atoms with Crippen LogP contribution >= 0.6 is 0 Å². The molecule has 0 spiro atoms. The van der Waals surface area contributed by atoms with Crippen LogP contribution in [0.2, 0.25) is 0 Å². The lowest BCUT2D eigenvalue weighted by molar-refractivity contribution is 0.0355. The molecule has 0 radical (unpaired) electrons. The zero-order valence-corrected chi connectivity index (χ0v) is 11.0. The van der Waals surface area contributed by atoms with Crippen molar-refractivity contribution < 1.29 is 0 Å². The van der Waals surface area contributed by atoms with Gasteiger partial charge in [0.2, 0.25) is 0 Å². The Labute approximate surface area is 94.8 Å². The third-order valence-corrected chi connectivity index (χ3v) is 4.88. The van der Waals surface area contributed by atoms with Gasteiger partial charge in [-0.1, -0.05) is 34.6 Å². The van der Waals surface area contributed by atoms with E-state index in [1.54, 1.807) is 0 Å². The first-order valence-electron chi connectivity index (χ1n) is 6.19. The third-order valence-electron chi connectivity index (χ3n) is 4.88. The number of rotatable bonds is 0. The fourth-order valence-electron chi connectivity index (χ4n) is 3.05. The average molecular weight is 212 g/mol. The predicted octanol–water partition coefficient (Wildman–Crippen LogP) is 2.51. The van der Waals surface area contributed by atoms with Crippen molar-refractivity contribution in [2.24, 2.45) is 28.2 Å². The van der Waals surface area contributed by atoms with E-state index in [0.717, 1.165) is 19.3 Å². The van der Waals surface area contributed by atoms with Gasteiger partial charge in [0.05, 0.1) is 0 Å². The smallest absolute Gasteiger partial charge is 0.00936 e. The van der Waals surface area contributed by atoms with E-state index in [2.05, 4.69) is 34.6 Å². The van der Waals surface area contributed by atoms with Crippen molar-refractivity contribution in [3.8, 4) is 0 Å². The van der Waals surface area contributed by atoms with Crippen molar-refractivity contribution in [2.45, 2.75) is 66.0 Å². The standard InChI is InChI=1S/C13H28N2/c1-9-12(2,3)8-10(14)6-7-11(15)13(9,4)5/h9-11H,6-8,14-15H2,1-5H3. The molecule has 0 aromatic heterocycles. The van der Waals surface area contributed by atoms with Crippen LogP contribution < -0.4 is 11.5 Å². The van der Waals surface area contributed by atoms with Gasteiger partial charge in [0.25, 0.3) is 0 Å². The first-order chi connectivity index (χ1) is 6.68. The summed E-state index contributed by atoms with van der Waals surface area (Å²) in [4.78, 5) is 0. The molecule has 0 aromatic rings. The Bertz CT molecular complexity index is 221. The van der Waals surface area contributed by atoms with Gasteiger partial charge >= 0.3 is 0 Å². The molecule has 4 N–H and O–H groups in total. The molecule has 0 aliphatic heterocycles. The molecule has 1 saturated carbocycles. The van der Waals surface area contributed by atoms with Crippen molar-refractivity contribution >= 4 is 0 Å². The van der Waals surface area contributed by atoms with Crippen molar-refractivity contribution in [3.05, 3.63) is 0 Å². The summed E-state index contributed by atoms with van der Waals surface area (Å²) in [7, 11) is 0. The Morgan fingerprint density at radius 1 is 1.00 bits per heavy atom. The molecule has 90 valence electrons. The summed E-state index contributed by atoms with van der Waals surface area (Å²) >= 11 is 0. The fourth-order valence-corrected chi connectivity index (χ4v) is 3.05. The summed E-state index contributed by atoms with van der Waals surface area (Å²) in [5, 5.41) is 0. The van der Waals surface area contributed by atoms with E-state index in [1.165, 1.54) is 0 Å². The highest BCUT2D eigenvalue weighted by Crippen LogP contribution is 2.46. The van der Waals surface area contributed by atoms with E-state index in [4.69, 9.17) is 11.5 Å². The maximum atomic E-state index is 6.30. The number of nitrogens with two attached hydrogens (primary N) is 2. The molecule has 0 amide bonds. The van der Waals surface area contributed by atoms with Gasteiger partial charge < -0.3 is 11.5 Å². The second-order valence-corrected chi connectivity index (χ2v) is 6.68. The molecule has 0 saturated heterocycles. The Morgan fingerprint density at radius 3 is 2.07 bits per heavy atom. The Hall–Kier alpha value is -0.0800. The van der Waals surface area contributed by atoms with Gasteiger partial charge in [-0.05, 0) is 36.0 Å². The summed E-state index contributed by atoms with van der Waals surface area (Å²) < 4.78 is 0. The SMILES string of the molecule is CC1C(C)(C)CC(N)CCC(N)C1(C)C. The summed E-state index contributed by atoms with van der Waals surface area (Å²) in [6.45, 7) is 11.6. The minimum absolute atomic E-state index is 0.212. The molecule has 1 aliphatic rings. The molecule has 0 heterocycles. The highest BCUT2D eigenvalue weighted by atomic mass is 14.7. The van der Waals surface area contributed by atoms with Gasteiger partial charge in [-0.2, -0.15) is 0 Å². The second-order valence-electron chi connectivity index (χ2n) is 6.68. The molecule has 1 fully saturated rings. The van der Waals surface area contributed by atoms with Crippen LogP contribution in [0.5, 0.6) is 0 Å². The van der Waals surface area contributed by atoms with Crippen LogP contribution in [-0.2, 0) is 0 Å². The number of hydrogen-bond acceptors (Lipinski definition) is 2. The largest absolute Gasteiger partial charge is 0.328 e. The lowest BCUT2D eigenvalue weighted by Crippen LogP contribution is -2.50. The molecule has 1 rings (SSSR count). The second kappa shape index (κ2) is 4.06. The van der Waals surface area contributed by atoms with Gasteiger partial charge in [-0.3, -0.25) is 0 Å². The van der Waals surface area contributed by atoms with Crippen molar-refractivity contribution in [2.75, 3.05) is 0 Å². The van der Waals surface area contributed by atoms with E-state index in [1.807, 2.05) is 0 Å². The zero-order chi connectivity index (χ0) is 11.9. The molecule has 2 heteroatoms. The molecule has 3 unspecified atom stereocenters. The maximum Gasteiger partial charge on any atom is 0.00936 e. The molecule has 3 atom stereocenters. The predicted molar refractivity (Wildman–Crippen MR) is 66.5 cm³/mol. The minimum atomic E-state index is 0.212. The summed E-state index contributed by atoms with van der Waals surface area (Å²) in [6.07, 6.45) is 3.25. The van der Waals surface area contributed by atoms with Crippen LogP contribution in [0.3, 0.4) is 0 Å². The summed E-state index contributed by atoms with van der Waals surface area (Å²) in [5.74, 6) is 0.603. The topological polar surface area (TPSA) is 52.0 Å². The molecule has 1 aliphatic carbocycles. The van der Waals surface area contributed by atoms with Crippen molar-refractivity contribution in [1.82, 2.24) is 0 Å². The maximum absolute atomic E-state index is 6.30. The van der Waals surface area contributed by atoms with Gasteiger partial charge in [-0.25, -0.2) is 0 Å². The first kappa shape index (κ1) is 13.0. The first-order valence-corrected chi connectivity index (χ1v) is 6.19. The van der Waals surface area contributed by atoms with Crippen LogP contribution in [0.4, 0.5) is 0 Å². The quantitative estimate of drug-likeness (QED) is 0.648. The van der Waals surface area contributed by atoms with Crippen molar-refractivity contribution in [3.63, 3.8) is 0 Å². The lowest BCUT2D eigenvalue weighted by atomic mass is 9.59. The summed E-state index contributed by atoms with van der Waals surface area (Å²) in [6, 6.07) is 0.600.